The Morgan fingerprint density at radius 1 is 0.946 bits per heavy atom. The van der Waals surface area contributed by atoms with Crippen LogP contribution in [-0.2, 0) is 46.0 Å². The fourth-order valence-electron chi connectivity index (χ4n) is 7.17. The second-order valence-electron chi connectivity index (χ2n) is 14.8. The average molecular weight is 858 g/mol. The van der Waals surface area contributed by atoms with Gasteiger partial charge in [-0.3, -0.25) is 22.7 Å². The summed E-state index contributed by atoms with van der Waals surface area (Å²) in [5, 5.41) is 8.98. The molecule has 4 rings (SSSR count). The van der Waals surface area contributed by atoms with Gasteiger partial charge in [0.25, 0.3) is 15.2 Å². The highest BCUT2D eigenvalue weighted by molar-refractivity contribution is 7.85. The number of carbonyl (C=O) groups excluding carboxylic acids is 1. The van der Waals surface area contributed by atoms with Crippen molar-refractivity contribution in [1.29, 1.82) is 0 Å². The third kappa shape index (κ3) is 9.59. The minimum atomic E-state index is -5.57. The van der Waals surface area contributed by atoms with E-state index in [1.807, 2.05) is 69.7 Å². The molecule has 16 nitrogen and oxygen atoms in total. The molecule has 2 aliphatic heterocycles. The van der Waals surface area contributed by atoms with E-state index in [9.17, 15) is 60.3 Å². The molecule has 2 aromatic carbocycles. The van der Waals surface area contributed by atoms with Gasteiger partial charge >= 0.3 is 15.2 Å². The molecule has 56 heavy (non-hydrogen) atoms. The number of hydrogen-bond acceptors (Lipinski definition) is 9. The number of allylic oxidation sites excluding steroid dienone is 6. The monoisotopic (exact) mass is 857 g/mol. The number of nitrogens with zero attached hydrogens (tertiary/aromatic N) is 2. The van der Waals surface area contributed by atoms with Crippen LogP contribution >= 0.6 is 15.2 Å². The highest BCUT2D eigenvalue weighted by atomic mass is 32.2. The van der Waals surface area contributed by atoms with Gasteiger partial charge in [0.05, 0.1) is 10.3 Å². The van der Waals surface area contributed by atoms with E-state index in [4.69, 9.17) is 0 Å². The van der Waals surface area contributed by atoms with Gasteiger partial charge in [0, 0.05) is 65.3 Å². The third-order valence-corrected chi connectivity index (χ3v) is 15.7. The summed E-state index contributed by atoms with van der Waals surface area (Å²) in [7, 11) is -13.6. The minimum Gasteiger partial charge on any atom is -0.768 e. The lowest BCUT2D eigenvalue weighted by molar-refractivity contribution is -0.401. The topological polar surface area (TPSA) is 265 Å². The van der Waals surface area contributed by atoms with Crippen molar-refractivity contribution < 1.29 is 64.9 Å². The van der Waals surface area contributed by atoms with E-state index in [1.165, 1.54) is 12.1 Å². The van der Waals surface area contributed by atoms with Crippen molar-refractivity contribution in [2.24, 2.45) is 0 Å². The van der Waals surface area contributed by atoms with E-state index in [0.717, 1.165) is 33.9 Å². The molecule has 2 aromatic rings. The predicted molar refractivity (Wildman–Crippen MR) is 210 cm³/mol. The van der Waals surface area contributed by atoms with Crippen LogP contribution in [0.1, 0.15) is 77.3 Å². The summed E-state index contributed by atoms with van der Waals surface area (Å²) < 4.78 is 81.8. The number of rotatable bonds is 17. The normalized spacial score (nSPS) is 18.3. The highest BCUT2D eigenvalue weighted by Gasteiger charge is 2.58. The van der Waals surface area contributed by atoms with Gasteiger partial charge in [-0.2, -0.15) is 13.0 Å². The number of nitrogens with one attached hydrogen (secondary N) is 1. The van der Waals surface area contributed by atoms with E-state index in [2.05, 4.69) is 10.2 Å². The SMILES string of the molecule is C[N+]1=C(C=CC=CC=C2N(CCCCCC(=O)NCCCC(O)(P(=O)(O)O)P(=O)(O)O)c3ccc(S(=O)[O-])cc3C2(C)C)C(C)(C)c2cc(S(=O)(=O)O)ccc21. The molecule has 0 spiro atoms. The molecular weight excluding hydrogens is 808 g/mol. The molecule has 7 N–H and O–H groups in total. The number of unbranched alkanes of at least 4 members (excludes halogenated alkanes) is 2. The van der Waals surface area contributed by atoms with Crippen LogP contribution in [0, 0.1) is 0 Å². The van der Waals surface area contributed by atoms with Crippen molar-refractivity contribution in [2.75, 3.05) is 25.0 Å². The quantitative estimate of drug-likeness (QED) is 0.0290. The number of hydrogen-bond donors (Lipinski definition) is 7. The molecule has 1 amide bonds. The molecule has 0 saturated carbocycles. The molecule has 0 aromatic heterocycles. The number of anilines is 1. The standard InChI is InChI=1S/C36H49N3O13P2S2/c1-34(2)28-24-26(56(50,51)52)17-19-29(28)38(5)31(34)13-8-6-9-14-32-35(3,4)27-23-25(55(48)49)16-18-30(27)39(32)22-11-7-10-15-33(40)37-21-12-20-36(41,53(42,43)44)54(45,46)47/h6,8-9,13-14,16-19,23-24,41H,7,10-12,15,20-22H2,1-5H3,(H6-,37,40,42,43,44,45,46,47,48,49,50,51,52). The Bertz CT molecular complexity index is 2200. The molecule has 0 fully saturated rings. The van der Waals surface area contributed by atoms with Crippen molar-refractivity contribution in [1.82, 2.24) is 5.32 Å². The van der Waals surface area contributed by atoms with Gasteiger partial charge in [-0.15, -0.1) is 0 Å². The summed E-state index contributed by atoms with van der Waals surface area (Å²) in [6, 6.07) is 9.52. The Hall–Kier alpha value is -3.12. The van der Waals surface area contributed by atoms with Gasteiger partial charge in [0.15, 0.2) is 5.71 Å². The Kier molecular flexibility index (Phi) is 13.8. The molecule has 0 aliphatic carbocycles. The lowest BCUT2D eigenvalue weighted by atomic mass is 9.81. The molecule has 2 aliphatic rings. The summed E-state index contributed by atoms with van der Waals surface area (Å²) in [6.07, 6.45) is 10.2. The zero-order valence-corrected chi connectivity index (χ0v) is 35.1. The van der Waals surface area contributed by atoms with Crippen molar-refractivity contribution in [3.8, 4) is 0 Å². The Labute approximate surface area is 329 Å². The third-order valence-electron chi connectivity index (χ3n) is 10.3. The van der Waals surface area contributed by atoms with Crippen molar-refractivity contribution >= 4 is 59.4 Å². The zero-order chi connectivity index (χ0) is 42.1. The van der Waals surface area contributed by atoms with E-state index in [1.54, 1.807) is 24.3 Å². The fourth-order valence-corrected chi connectivity index (χ4v) is 10.3. The molecule has 0 radical (unpaired) electrons. The van der Waals surface area contributed by atoms with Crippen LogP contribution < -0.4 is 10.2 Å². The lowest BCUT2D eigenvalue weighted by Gasteiger charge is -2.29. The maximum absolute atomic E-state index is 12.4. The Morgan fingerprint density at radius 2 is 1.61 bits per heavy atom. The van der Waals surface area contributed by atoms with Gasteiger partial charge < -0.3 is 39.4 Å². The summed E-state index contributed by atoms with van der Waals surface area (Å²) in [4.78, 5) is 51.5. The van der Waals surface area contributed by atoms with E-state index >= 15 is 0 Å². The van der Waals surface area contributed by atoms with Gasteiger partial charge in [-0.25, -0.2) is 0 Å². The first-order valence-electron chi connectivity index (χ1n) is 17.7. The molecular formula is C36H49N3O13P2S2. The zero-order valence-electron chi connectivity index (χ0n) is 31.7. The second kappa shape index (κ2) is 17.0. The smallest absolute Gasteiger partial charge is 0.369 e. The lowest BCUT2D eigenvalue weighted by Crippen LogP contribution is -2.31. The van der Waals surface area contributed by atoms with Crippen molar-refractivity contribution in [3.63, 3.8) is 0 Å². The van der Waals surface area contributed by atoms with Gasteiger partial charge in [-0.1, -0.05) is 38.5 Å². The molecule has 308 valence electrons. The van der Waals surface area contributed by atoms with Crippen LogP contribution in [0.25, 0.3) is 0 Å². The number of amides is 1. The van der Waals surface area contributed by atoms with Crippen LogP contribution in [0.4, 0.5) is 11.4 Å². The maximum atomic E-state index is 12.4. The van der Waals surface area contributed by atoms with Crippen LogP contribution in [0.2, 0.25) is 0 Å². The average Bonchev–Trinajstić information content (AvgIpc) is 3.41. The maximum Gasteiger partial charge on any atom is 0.369 e. The van der Waals surface area contributed by atoms with Crippen molar-refractivity contribution in [3.05, 3.63) is 83.6 Å². The summed E-state index contributed by atoms with van der Waals surface area (Å²) in [5.41, 5.74) is 3.98. The largest absolute Gasteiger partial charge is 0.768 e. The van der Waals surface area contributed by atoms with Crippen LogP contribution in [-0.4, -0.2) is 87.8 Å². The van der Waals surface area contributed by atoms with Crippen LogP contribution in [0.3, 0.4) is 0 Å². The fraction of sp³-hybridized carbons (Fsp3) is 0.444. The number of aliphatic hydroxyl groups is 1. The number of fused-ring (bicyclic) bond motifs is 2. The first-order chi connectivity index (χ1) is 25.7. The molecule has 1 unspecified atom stereocenters. The molecule has 20 heteroatoms. The molecule has 1 atom stereocenters. The van der Waals surface area contributed by atoms with Crippen LogP contribution in [0.15, 0.2) is 82.3 Å². The van der Waals surface area contributed by atoms with Crippen molar-refractivity contribution in [2.45, 2.75) is 91.9 Å². The minimum absolute atomic E-state index is 0.123. The summed E-state index contributed by atoms with van der Waals surface area (Å²) in [5.74, 6) is -0.373. The first kappa shape index (κ1) is 45.6. The Balaban J connectivity index is 1.42. The molecule has 0 saturated heterocycles. The van der Waals surface area contributed by atoms with E-state index in [-0.39, 0.29) is 35.1 Å². The van der Waals surface area contributed by atoms with Crippen LogP contribution in [0.5, 0.6) is 0 Å². The number of carbonyl (C=O) groups is 1. The second-order valence-corrected chi connectivity index (χ2v) is 21.2. The Morgan fingerprint density at radius 3 is 2.21 bits per heavy atom. The van der Waals surface area contributed by atoms with Gasteiger partial charge in [0.1, 0.15) is 7.05 Å². The predicted octanol–water partition coefficient (Wildman–Crippen LogP) is 4.43. The molecule has 0 bridgehead atoms. The highest BCUT2D eigenvalue weighted by Crippen LogP contribution is 2.69. The summed E-state index contributed by atoms with van der Waals surface area (Å²) in [6.45, 7) is 8.35. The van der Waals surface area contributed by atoms with Gasteiger partial charge in [0.2, 0.25) is 11.6 Å². The summed E-state index contributed by atoms with van der Waals surface area (Å²) >= 11 is -2.42. The van der Waals surface area contributed by atoms with Gasteiger partial charge in [-0.05, 0) is 86.2 Å². The van der Waals surface area contributed by atoms with E-state index in [0.29, 0.717) is 25.8 Å². The number of benzene rings is 2. The molecule has 2 heterocycles. The van der Waals surface area contributed by atoms with E-state index < -0.39 is 58.7 Å². The first-order valence-corrected chi connectivity index (χ1v) is 23.4.